The second-order valence-corrected chi connectivity index (χ2v) is 4.53. The van der Waals surface area contributed by atoms with E-state index < -0.39 is 6.10 Å². The van der Waals surface area contributed by atoms with Crippen LogP contribution in [0.4, 0.5) is 5.69 Å². The van der Waals surface area contributed by atoms with Crippen LogP contribution in [0.25, 0.3) is 0 Å². The van der Waals surface area contributed by atoms with E-state index in [-0.39, 0.29) is 0 Å². The minimum Gasteiger partial charge on any atom is -0.389 e. The number of aliphatic hydroxyl groups excluding tert-OH is 1. The first-order valence-electron chi connectivity index (χ1n) is 5.77. The van der Waals surface area contributed by atoms with Gasteiger partial charge in [-0.05, 0) is 24.1 Å². The Morgan fingerprint density at radius 3 is 2.61 bits per heavy atom. The Morgan fingerprint density at radius 2 is 2.00 bits per heavy atom. The maximum atomic E-state index is 9.42. The van der Waals surface area contributed by atoms with E-state index in [1.165, 1.54) is 0 Å². The maximum absolute atomic E-state index is 9.42. The summed E-state index contributed by atoms with van der Waals surface area (Å²) >= 11 is 6.00. The molecule has 0 saturated heterocycles. The molecular weight excluding hydrogens is 248 g/mol. The second-order valence-electron chi connectivity index (χ2n) is 4.13. The zero-order valence-corrected chi connectivity index (χ0v) is 10.9. The van der Waals surface area contributed by atoms with Crippen LogP contribution in [-0.4, -0.2) is 10.1 Å². The van der Waals surface area contributed by atoms with Crippen molar-refractivity contribution in [2.24, 2.45) is 0 Å². The Labute approximate surface area is 111 Å². The molecule has 0 radical (unpaired) electrons. The number of benzene rings is 1. The molecule has 18 heavy (non-hydrogen) atoms. The molecule has 0 amide bonds. The summed E-state index contributed by atoms with van der Waals surface area (Å²) in [6.07, 6.45) is 2.88. The molecule has 0 fully saturated rings. The van der Waals surface area contributed by atoms with E-state index in [2.05, 4.69) is 10.3 Å². The normalized spacial score (nSPS) is 12.2. The van der Waals surface area contributed by atoms with Gasteiger partial charge >= 0.3 is 0 Å². The maximum Gasteiger partial charge on any atom is 0.0820 e. The minimum atomic E-state index is -0.429. The van der Waals surface area contributed by atoms with Gasteiger partial charge < -0.3 is 10.4 Å². The molecule has 1 atom stereocenters. The van der Waals surface area contributed by atoms with Gasteiger partial charge in [0.15, 0.2) is 0 Å². The molecule has 0 aliphatic rings. The first-order valence-corrected chi connectivity index (χ1v) is 6.15. The van der Waals surface area contributed by atoms with E-state index in [1.54, 1.807) is 19.3 Å². The highest BCUT2D eigenvalue weighted by molar-refractivity contribution is 6.33. The zero-order valence-electron chi connectivity index (χ0n) is 10.1. The highest BCUT2D eigenvalue weighted by Crippen LogP contribution is 2.20. The smallest absolute Gasteiger partial charge is 0.0820 e. The topological polar surface area (TPSA) is 45.1 Å². The summed E-state index contributed by atoms with van der Waals surface area (Å²) in [5.41, 5.74) is 2.92. The fourth-order valence-corrected chi connectivity index (χ4v) is 1.82. The monoisotopic (exact) mass is 262 g/mol. The van der Waals surface area contributed by atoms with E-state index in [4.69, 9.17) is 11.6 Å². The molecule has 0 saturated carbocycles. The SMILES string of the molecule is C[C@H](O)c1ccc(CNc2ccncc2Cl)cc1. The van der Waals surface area contributed by atoms with Crippen LogP contribution in [0.3, 0.4) is 0 Å². The zero-order chi connectivity index (χ0) is 13.0. The number of hydrogen-bond donors (Lipinski definition) is 2. The molecule has 0 bridgehead atoms. The van der Waals surface area contributed by atoms with E-state index in [9.17, 15) is 5.11 Å². The average Bonchev–Trinajstić information content (AvgIpc) is 2.38. The second kappa shape index (κ2) is 5.85. The van der Waals surface area contributed by atoms with Crippen molar-refractivity contribution >= 4 is 17.3 Å². The molecular formula is C14H15ClN2O. The summed E-state index contributed by atoms with van der Waals surface area (Å²) < 4.78 is 0. The van der Waals surface area contributed by atoms with Gasteiger partial charge in [0.2, 0.25) is 0 Å². The number of anilines is 1. The quantitative estimate of drug-likeness (QED) is 0.888. The van der Waals surface area contributed by atoms with Gasteiger partial charge in [-0.15, -0.1) is 0 Å². The first kappa shape index (κ1) is 12.9. The molecule has 1 aromatic carbocycles. The summed E-state index contributed by atoms with van der Waals surface area (Å²) in [5.74, 6) is 0. The molecule has 1 aromatic heterocycles. The molecule has 0 aliphatic carbocycles. The van der Waals surface area contributed by atoms with Gasteiger partial charge in [0, 0.05) is 18.9 Å². The lowest BCUT2D eigenvalue weighted by atomic mass is 10.1. The van der Waals surface area contributed by atoms with Gasteiger partial charge in [0.1, 0.15) is 0 Å². The van der Waals surface area contributed by atoms with Crippen molar-refractivity contribution in [3.63, 3.8) is 0 Å². The molecule has 4 heteroatoms. The van der Waals surface area contributed by atoms with E-state index in [1.807, 2.05) is 30.3 Å². The van der Waals surface area contributed by atoms with Crippen molar-refractivity contribution in [1.82, 2.24) is 4.98 Å². The Bertz CT molecular complexity index is 511. The Kier molecular flexibility index (Phi) is 4.18. The third kappa shape index (κ3) is 3.22. The van der Waals surface area contributed by atoms with Crippen molar-refractivity contribution in [2.45, 2.75) is 19.6 Å². The predicted octanol–water partition coefficient (Wildman–Crippen LogP) is 3.40. The van der Waals surface area contributed by atoms with Crippen molar-refractivity contribution < 1.29 is 5.11 Å². The largest absolute Gasteiger partial charge is 0.389 e. The number of rotatable bonds is 4. The van der Waals surface area contributed by atoms with Gasteiger partial charge in [-0.1, -0.05) is 35.9 Å². The van der Waals surface area contributed by atoms with Crippen LogP contribution >= 0.6 is 11.6 Å². The standard InChI is InChI=1S/C14H15ClN2O/c1-10(18)12-4-2-11(3-5-12)8-17-14-6-7-16-9-13(14)15/h2-7,9-10,18H,8H2,1H3,(H,16,17)/t10-/m0/s1. The third-order valence-electron chi connectivity index (χ3n) is 2.72. The summed E-state index contributed by atoms with van der Waals surface area (Å²) in [5, 5.41) is 13.3. The molecule has 2 N–H and O–H groups in total. The van der Waals surface area contributed by atoms with Gasteiger partial charge in [0.05, 0.1) is 16.8 Å². The van der Waals surface area contributed by atoms with E-state index in [0.29, 0.717) is 11.6 Å². The fraction of sp³-hybridized carbons (Fsp3) is 0.214. The van der Waals surface area contributed by atoms with Crippen LogP contribution in [0.2, 0.25) is 5.02 Å². The number of aromatic nitrogens is 1. The lowest BCUT2D eigenvalue weighted by Gasteiger charge is -2.09. The molecule has 2 rings (SSSR count). The molecule has 1 heterocycles. The van der Waals surface area contributed by atoms with Crippen LogP contribution in [0, 0.1) is 0 Å². The lowest BCUT2D eigenvalue weighted by molar-refractivity contribution is 0.199. The number of halogens is 1. The van der Waals surface area contributed by atoms with Crippen LogP contribution in [0.5, 0.6) is 0 Å². The average molecular weight is 263 g/mol. The number of nitrogens with zero attached hydrogens (tertiary/aromatic N) is 1. The van der Waals surface area contributed by atoms with Crippen LogP contribution < -0.4 is 5.32 Å². The van der Waals surface area contributed by atoms with Gasteiger partial charge in [-0.25, -0.2) is 0 Å². The molecule has 0 spiro atoms. The number of pyridine rings is 1. The van der Waals surface area contributed by atoms with Crippen LogP contribution in [0.1, 0.15) is 24.2 Å². The summed E-state index contributed by atoms with van der Waals surface area (Å²) in [6, 6.07) is 9.67. The van der Waals surface area contributed by atoms with Crippen LogP contribution in [0.15, 0.2) is 42.7 Å². The summed E-state index contributed by atoms with van der Waals surface area (Å²) in [6.45, 7) is 2.44. The van der Waals surface area contributed by atoms with Crippen molar-refractivity contribution in [3.05, 3.63) is 58.9 Å². The summed E-state index contributed by atoms with van der Waals surface area (Å²) in [4.78, 5) is 3.93. The molecule has 0 aliphatic heterocycles. The van der Waals surface area contributed by atoms with Gasteiger partial charge in [0.25, 0.3) is 0 Å². The fourth-order valence-electron chi connectivity index (χ4n) is 1.63. The van der Waals surface area contributed by atoms with Crippen molar-refractivity contribution in [3.8, 4) is 0 Å². The predicted molar refractivity (Wildman–Crippen MR) is 73.6 cm³/mol. The number of aliphatic hydroxyl groups is 1. The highest BCUT2D eigenvalue weighted by Gasteiger charge is 2.01. The van der Waals surface area contributed by atoms with Gasteiger partial charge in [-0.2, -0.15) is 0 Å². The minimum absolute atomic E-state index is 0.429. The number of hydrogen-bond acceptors (Lipinski definition) is 3. The summed E-state index contributed by atoms with van der Waals surface area (Å²) in [7, 11) is 0. The molecule has 2 aromatic rings. The third-order valence-corrected chi connectivity index (χ3v) is 3.02. The molecule has 3 nitrogen and oxygen atoms in total. The number of nitrogens with one attached hydrogen (secondary N) is 1. The first-order chi connectivity index (χ1) is 8.66. The molecule has 94 valence electrons. The van der Waals surface area contributed by atoms with Gasteiger partial charge in [-0.3, -0.25) is 4.98 Å². The molecule has 0 unspecified atom stereocenters. The van der Waals surface area contributed by atoms with Crippen LogP contribution in [-0.2, 0) is 6.54 Å². The van der Waals surface area contributed by atoms with E-state index in [0.717, 1.165) is 16.8 Å². The Morgan fingerprint density at radius 1 is 1.28 bits per heavy atom. The van der Waals surface area contributed by atoms with Crippen molar-refractivity contribution in [2.75, 3.05) is 5.32 Å². The van der Waals surface area contributed by atoms with E-state index >= 15 is 0 Å². The Hall–Kier alpha value is -1.58. The Balaban J connectivity index is 2.00. The lowest BCUT2D eigenvalue weighted by Crippen LogP contribution is -2.00. The van der Waals surface area contributed by atoms with Crippen molar-refractivity contribution in [1.29, 1.82) is 0 Å². The highest BCUT2D eigenvalue weighted by atomic mass is 35.5.